The monoisotopic (exact) mass is 316 g/mol. The lowest BCUT2D eigenvalue weighted by atomic mass is 9.54. The molecule has 0 saturated heterocycles. The van der Waals surface area contributed by atoms with E-state index in [-0.39, 0.29) is 0 Å². The van der Waals surface area contributed by atoms with Gasteiger partial charge in [0.15, 0.2) is 0 Å². The van der Waals surface area contributed by atoms with Crippen molar-refractivity contribution < 1.29 is 14.8 Å². The number of rotatable bonds is 5. The molecule has 1 aromatic rings. The molecule has 5 rings (SSSR count). The molecule has 0 spiro atoms. The number of ether oxygens (including phenoxy) is 2. The van der Waals surface area contributed by atoms with Gasteiger partial charge in [0.05, 0.1) is 20.3 Å². The van der Waals surface area contributed by atoms with Crippen LogP contribution in [-0.2, 0) is 6.54 Å². The topological polar surface area (TPSA) is 35.1 Å². The summed E-state index contributed by atoms with van der Waals surface area (Å²) in [5.74, 6) is 5.97. The van der Waals surface area contributed by atoms with Crippen LogP contribution in [0.5, 0.6) is 11.5 Å². The Kier molecular flexibility index (Phi) is 4.00. The molecule has 0 aromatic heterocycles. The van der Waals surface area contributed by atoms with Crippen molar-refractivity contribution in [2.24, 2.45) is 23.7 Å². The highest BCUT2D eigenvalue weighted by Crippen LogP contribution is 2.52. The Hall–Kier alpha value is -1.22. The van der Waals surface area contributed by atoms with Crippen molar-refractivity contribution in [2.75, 3.05) is 14.2 Å². The van der Waals surface area contributed by atoms with Gasteiger partial charge in [-0.15, -0.1) is 0 Å². The molecule has 4 aliphatic carbocycles. The number of hydrogen-bond acceptors (Lipinski definition) is 2. The largest absolute Gasteiger partial charge is 0.496 e. The molecule has 126 valence electrons. The fourth-order valence-electron chi connectivity index (χ4n) is 6.01. The van der Waals surface area contributed by atoms with Crippen LogP contribution < -0.4 is 14.8 Å². The van der Waals surface area contributed by atoms with Crippen LogP contribution in [-0.4, -0.2) is 20.3 Å². The van der Waals surface area contributed by atoms with E-state index < -0.39 is 0 Å². The molecule has 0 amide bonds. The minimum absolute atomic E-state index is 0.843. The van der Waals surface area contributed by atoms with Gasteiger partial charge in [0.1, 0.15) is 18.0 Å². The molecule has 3 heteroatoms. The Bertz CT molecular complexity index is 555. The van der Waals surface area contributed by atoms with E-state index in [2.05, 4.69) is 24.4 Å². The molecule has 3 nitrogen and oxygen atoms in total. The van der Waals surface area contributed by atoms with E-state index in [9.17, 15) is 0 Å². The van der Waals surface area contributed by atoms with Crippen molar-refractivity contribution in [3.05, 3.63) is 23.3 Å². The zero-order valence-electron chi connectivity index (χ0n) is 14.7. The maximum absolute atomic E-state index is 5.68. The van der Waals surface area contributed by atoms with E-state index >= 15 is 0 Å². The molecule has 0 atom stereocenters. The van der Waals surface area contributed by atoms with E-state index in [1.54, 1.807) is 14.2 Å². The van der Waals surface area contributed by atoms with Crippen LogP contribution in [0.25, 0.3) is 0 Å². The van der Waals surface area contributed by atoms with Crippen molar-refractivity contribution >= 4 is 0 Å². The molecule has 2 N–H and O–H groups in total. The first-order chi connectivity index (χ1) is 11.2. The lowest BCUT2D eigenvalue weighted by Gasteiger charge is -2.52. The van der Waals surface area contributed by atoms with E-state index in [0.29, 0.717) is 0 Å². The van der Waals surface area contributed by atoms with Crippen molar-refractivity contribution in [1.82, 2.24) is 0 Å². The van der Waals surface area contributed by atoms with Crippen LogP contribution in [0.15, 0.2) is 12.1 Å². The average Bonchev–Trinajstić information content (AvgIpc) is 2.54. The van der Waals surface area contributed by atoms with E-state index in [0.717, 1.165) is 53.3 Å². The smallest absolute Gasteiger partial charge is 0.134 e. The maximum Gasteiger partial charge on any atom is 0.134 e. The summed E-state index contributed by atoms with van der Waals surface area (Å²) in [4.78, 5) is 0. The Morgan fingerprint density at radius 1 is 0.957 bits per heavy atom. The van der Waals surface area contributed by atoms with Crippen molar-refractivity contribution in [3.63, 3.8) is 0 Å². The second-order valence-corrected chi connectivity index (χ2v) is 8.03. The Balaban J connectivity index is 1.48. The zero-order valence-corrected chi connectivity index (χ0v) is 14.7. The molecule has 4 saturated carbocycles. The third kappa shape index (κ3) is 2.63. The number of methoxy groups -OCH3 is 2. The molecule has 4 aliphatic rings. The molecule has 4 fully saturated rings. The maximum atomic E-state index is 5.68. The molecule has 4 bridgehead atoms. The lowest BCUT2D eigenvalue weighted by molar-refractivity contribution is -0.723. The lowest BCUT2D eigenvalue weighted by Crippen LogP contribution is -2.93. The first kappa shape index (κ1) is 15.3. The minimum Gasteiger partial charge on any atom is -0.496 e. The number of nitrogens with two attached hydrogens (primary N) is 1. The highest BCUT2D eigenvalue weighted by atomic mass is 16.5. The second-order valence-electron chi connectivity index (χ2n) is 8.03. The summed E-state index contributed by atoms with van der Waals surface area (Å²) in [6.07, 6.45) is 7.50. The Morgan fingerprint density at radius 2 is 1.61 bits per heavy atom. The Labute approximate surface area is 139 Å². The molecular weight excluding hydrogens is 286 g/mol. The van der Waals surface area contributed by atoms with Gasteiger partial charge in [-0.05, 0) is 63.0 Å². The predicted molar refractivity (Wildman–Crippen MR) is 90.7 cm³/mol. The molecule has 0 aliphatic heterocycles. The van der Waals surface area contributed by atoms with Gasteiger partial charge in [0.2, 0.25) is 0 Å². The van der Waals surface area contributed by atoms with Gasteiger partial charge in [-0.25, -0.2) is 0 Å². The summed E-state index contributed by atoms with van der Waals surface area (Å²) >= 11 is 0. The van der Waals surface area contributed by atoms with Crippen LogP contribution >= 0.6 is 0 Å². The van der Waals surface area contributed by atoms with Gasteiger partial charge in [-0.1, -0.05) is 0 Å². The van der Waals surface area contributed by atoms with E-state index in [4.69, 9.17) is 9.47 Å². The molecule has 23 heavy (non-hydrogen) atoms. The predicted octanol–water partition coefficient (Wildman–Crippen LogP) is 2.90. The molecule has 0 unspecified atom stereocenters. The molecule has 0 heterocycles. The fraction of sp³-hybridized carbons (Fsp3) is 0.700. The highest BCUT2D eigenvalue weighted by Gasteiger charge is 2.50. The average molecular weight is 316 g/mol. The molecule has 1 aromatic carbocycles. The van der Waals surface area contributed by atoms with Gasteiger partial charge < -0.3 is 14.8 Å². The van der Waals surface area contributed by atoms with Crippen LogP contribution in [0.2, 0.25) is 0 Å². The molecule has 0 radical (unpaired) electrons. The summed E-state index contributed by atoms with van der Waals surface area (Å²) < 4.78 is 11.1. The molecular formula is C20H30NO2+. The fourth-order valence-corrected chi connectivity index (χ4v) is 6.01. The van der Waals surface area contributed by atoms with E-state index in [1.165, 1.54) is 37.7 Å². The second kappa shape index (κ2) is 6.01. The van der Waals surface area contributed by atoms with Crippen molar-refractivity contribution in [3.8, 4) is 11.5 Å². The summed E-state index contributed by atoms with van der Waals surface area (Å²) in [6, 6.07) is 5.10. The number of benzene rings is 1. The first-order valence-corrected chi connectivity index (χ1v) is 9.23. The summed E-state index contributed by atoms with van der Waals surface area (Å²) in [5.41, 5.74) is 2.42. The van der Waals surface area contributed by atoms with Crippen LogP contribution in [0.4, 0.5) is 0 Å². The summed E-state index contributed by atoms with van der Waals surface area (Å²) in [6.45, 7) is 3.12. The van der Waals surface area contributed by atoms with Gasteiger partial charge in [0.25, 0.3) is 0 Å². The first-order valence-electron chi connectivity index (χ1n) is 9.23. The van der Waals surface area contributed by atoms with Gasteiger partial charge in [-0.3, -0.25) is 0 Å². The third-order valence-electron chi connectivity index (χ3n) is 6.77. The normalized spacial score (nSPS) is 34.7. The minimum atomic E-state index is 0.843. The highest BCUT2D eigenvalue weighted by molar-refractivity contribution is 5.48. The zero-order chi connectivity index (χ0) is 16.0. The SMILES string of the molecule is COc1ccc(C[NH2+]C2C3CC4CC(C3)CC2C4)c(OC)c1C. The standard InChI is InChI=1S/C20H29NO2/c1-12-18(22-2)5-4-15(20(12)23-3)11-21-19-16-7-13-6-14(9-16)10-17(19)8-13/h4-5,13-14,16-17,19,21H,6-11H2,1-3H3/p+1. The third-order valence-corrected chi connectivity index (χ3v) is 6.77. The van der Waals surface area contributed by atoms with E-state index in [1.807, 2.05) is 0 Å². The summed E-state index contributed by atoms with van der Waals surface area (Å²) in [7, 11) is 3.50. The van der Waals surface area contributed by atoms with Gasteiger partial charge >= 0.3 is 0 Å². The van der Waals surface area contributed by atoms with Crippen LogP contribution in [0.1, 0.15) is 43.2 Å². The van der Waals surface area contributed by atoms with Crippen LogP contribution in [0.3, 0.4) is 0 Å². The van der Waals surface area contributed by atoms with Gasteiger partial charge in [-0.2, -0.15) is 0 Å². The summed E-state index contributed by atoms with van der Waals surface area (Å²) in [5, 5.41) is 2.62. The van der Waals surface area contributed by atoms with Crippen molar-refractivity contribution in [2.45, 2.75) is 51.6 Å². The quantitative estimate of drug-likeness (QED) is 0.906. The van der Waals surface area contributed by atoms with Crippen LogP contribution in [0, 0.1) is 30.6 Å². The van der Waals surface area contributed by atoms with Gasteiger partial charge in [0, 0.05) is 23.0 Å². The number of quaternary nitrogens is 1. The number of hydrogen-bond donors (Lipinski definition) is 1. The Morgan fingerprint density at radius 3 is 2.17 bits per heavy atom. The van der Waals surface area contributed by atoms with Crippen molar-refractivity contribution in [1.29, 1.82) is 0 Å².